The second kappa shape index (κ2) is 11.7. The predicted molar refractivity (Wildman–Crippen MR) is 165 cm³/mol. The van der Waals surface area contributed by atoms with Crippen LogP contribution in [0.5, 0.6) is 0 Å². The fraction of sp³-hybridized carbons (Fsp3) is 0.281. The molecule has 1 aliphatic rings. The Hall–Kier alpha value is -4.57. The third kappa shape index (κ3) is 6.83. The van der Waals surface area contributed by atoms with E-state index in [1.165, 1.54) is 11.3 Å². The quantitative estimate of drug-likeness (QED) is 0.262. The van der Waals surface area contributed by atoms with Crippen molar-refractivity contribution in [1.82, 2.24) is 14.9 Å². The van der Waals surface area contributed by atoms with Crippen LogP contribution in [0.1, 0.15) is 48.9 Å². The molecule has 216 valence electrons. The molecule has 5 rings (SSSR count). The van der Waals surface area contributed by atoms with Gasteiger partial charge in [-0.2, -0.15) is 0 Å². The molecule has 0 unspecified atom stereocenters. The van der Waals surface area contributed by atoms with Crippen LogP contribution in [0.15, 0.2) is 66.0 Å². The smallest absolute Gasteiger partial charge is 0.412 e. The van der Waals surface area contributed by atoms with Crippen LogP contribution in [0.2, 0.25) is 0 Å². The van der Waals surface area contributed by atoms with E-state index in [-0.39, 0.29) is 11.8 Å². The zero-order valence-electron chi connectivity index (χ0n) is 24.2. The molecule has 2 aromatic heterocycles. The maximum absolute atomic E-state index is 13.1. The highest BCUT2D eigenvalue weighted by molar-refractivity contribution is 7.14. The molecule has 4 aromatic rings. The summed E-state index contributed by atoms with van der Waals surface area (Å²) < 4.78 is 5.26. The fourth-order valence-electron chi connectivity index (χ4n) is 4.70. The number of aryl methyl sites for hydroxylation is 2. The van der Waals surface area contributed by atoms with Crippen LogP contribution >= 0.6 is 11.3 Å². The number of benzene rings is 2. The Bertz CT molecular complexity index is 1620. The largest absolute Gasteiger partial charge is 0.444 e. The summed E-state index contributed by atoms with van der Waals surface area (Å²) in [6.45, 7) is 9.80. The number of hydrogen-bond acceptors (Lipinski definition) is 7. The molecule has 1 atom stereocenters. The summed E-state index contributed by atoms with van der Waals surface area (Å²) in [5.74, 6) is -0.515. The highest BCUT2D eigenvalue weighted by Crippen LogP contribution is 2.30. The van der Waals surface area contributed by atoms with Gasteiger partial charge in [-0.05, 0) is 94.6 Å². The van der Waals surface area contributed by atoms with Gasteiger partial charge in [0.05, 0.1) is 5.69 Å². The molecule has 9 nitrogen and oxygen atoms in total. The molecule has 3 heterocycles. The van der Waals surface area contributed by atoms with Gasteiger partial charge < -0.3 is 15.0 Å². The summed E-state index contributed by atoms with van der Waals surface area (Å²) in [4.78, 5) is 48.8. The maximum atomic E-state index is 13.1. The third-order valence-corrected chi connectivity index (χ3v) is 7.43. The number of hydrogen-bond donors (Lipinski definition) is 2. The normalized spacial score (nSPS) is 14.6. The minimum Gasteiger partial charge on any atom is -0.444 e. The average molecular weight is 584 g/mol. The van der Waals surface area contributed by atoms with Gasteiger partial charge in [-0.1, -0.05) is 18.2 Å². The van der Waals surface area contributed by atoms with Gasteiger partial charge in [0.15, 0.2) is 5.13 Å². The minimum absolute atomic E-state index is 0.247. The molecule has 0 radical (unpaired) electrons. The number of likely N-dealkylation sites (tertiary alicyclic amines) is 1. The Morgan fingerprint density at radius 3 is 2.24 bits per heavy atom. The van der Waals surface area contributed by atoms with Crippen LogP contribution in [0.3, 0.4) is 0 Å². The number of ether oxygens (including phenoxy) is 1. The summed E-state index contributed by atoms with van der Waals surface area (Å²) >= 11 is 1.35. The number of anilines is 2. The Balaban J connectivity index is 1.20. The molecule has 0 saturated carbocycles. The van der Waals surface area contributed by atoms with Crippen LogP contribution in [-0.4, -0.2) is 51.0 Å². The first-order valence-corrected chi connectivity index (χ1v) is 14.6. The lowest BCUT2D eigenvalue weighted by Gasteiger charge is -2.39. The molecule has 0 spiro atoms. The molecule has 1 saturated heterocycles. The summed E-state index contributed by atoms with van der Waals surface area (Å²) in [5, 5.41) is 7.92. The Morgan fingerprint density at radius 2 is 1.60 bits per heavy atom. The average Bonchev–Trinajstić information content (AvgIpc) is 3.35. The van der Waals surface area contributed by atoms with Crippen molar-refractivity contribution in [2.45, 2.75) is 52.7 Å². The molecule has 0 aliphatic carbocycles. The van der Waals surface area contributed by atoms with Crippen LogP contribution in [0.25, 0.3) is 22.4 Å². The lowest BCUT2D eigenvalue weighted by Crippen LogP contribution is -2.56. The zero-order chi connectivity index (χ0) is 30.0. The second-order valence-corrected chi connectivity index (χ2v) is 12.1. The van der Waals surface area contributed by atoms with Gasteiger partial charge in [0.2, 0.25) is 5.91 Å². The first-order chi connectivity index (χ1) is 19.9. The third-order valence-electron chi connectivity index (χ3n) is 6.67. The highest BCUT2D eigenvalue weighted by Gasteiger charge is 2.38. The topological polar surface area (TPSA) is 114 Å². The minimum atomic E-state index is -0.614. The SMILES string of the molecule is Cc1cc(-c2cccc(-c3csc(NC(=O)[C@@H]4CCN4C(=O)c4ccc(NC(=O)OC(C)(C)C)cc4)n3)c2)cc(C)n1. The van der Waals surface area contributed by atoms with Crippen molar-refractivity contribution in [3.8, 4) is 22.4 Å². The van der Waals surface area contributed by atoms with Crippen molar-refractivity contribution >= 4 is 40.1 Å². The van der Waals surface area contributed by atoms with Crippen LogP contribution in [-0.2, 0) is 9.53 Å². The number of carbonyl (C=O) groups is 3. The van der Waals surface area contributed by atoms with E-state index in [2.05, 4.69) is 44.9 Å². The van der Waals surface area contributed by atoms with Crippen molar-refractivity contribution in [2.75, 3.05) is 17.2 Å². The molecule has 2 aromatic carbocycles. The van der Waals surface area contributed by atoms with Crippen LogP contribution < -0.4 is 10.6 Å². The van der Waals surface area contributed by atoms with E-state index in [4.69, 9.17) is 4.74 Å². The summed E-state index contributed by atoms with van der Waals surface area (Å²) in [6.07, 6.45) is -0.000944. The molecular weight excluding hydrogens is 550 g/mol. The van der Waals surface area contributed by atoms with E-state index < -0.39 is 17.7 Å². The molecule has 1 aliphatic heterocycles. The molecule has 0 bridgehead atoms. The summed E-state index contributed by atoms with van der Waals surface area (Å²) in [6, 6.07) is 18.2. The van der Waals surface area contributed by atoms with Crippen molar-refractivity contribution in [3.63, 3.8) is 0 Å². The van der Waals surface area contributed by atoms with E-state index >= 15 is 0 Å². The highest BCUT2D eigenvalue weighted by atomic mass is 32.1. The van der Waals surface area contributed by atoms with Crippen molar-refractivity contribution in [2.24, 2.45) is 0 Å². The maximum Gasteiger partial charge on any atom is 0.412 e. The molecule has 42 heavy (non-hydrogen) atoms. The molecule has 3 amide bonds. The van der Waals surface area contributed by atoms with Crippen LogP contribution in [0.4, 0.5) is 15.6 Å². The van der Waals surface area contributed by atoms with E-state index in [1.807, 2.05) is 31.4 Å². The van der Waals surface area contributed by atoms with Gasteiger partial charge >= 0.3 is 6.09 Å². The Morgan fingerprint density at radius 1 is 0.905 bits per heavy atom. The number of nitrogens with zero attached hydrogens (tertiary/aromatic N) is 3. The Kier molecular flexibility index (Phi) is 8.08. The number of nitrogens with one attached hydrogen (secondary N) is 2. The fourth-order valence-corrected chi connectivity index (χ4v) is 5.42. The Labute approximate surface area is 249 Å². The van der Waals surface area contributed by atoms with Gasteiger partial charge in [-0.25, -0.2) is 9.78 Å². The van der Waals surface area contributed by atoms with Gasteiger partial charge in [0, 0.05) is 40.1 Å². The van der Waals surface area contributed by atoms with Crippen LogP contribution in [0, 0.1) is 13.8 Å². The molecule has 2 N–H and O–H groups in total. The monoisotopic (exact) mass is 583 g/mol. The first kappa shape index (κ1) is 28.9. The summed E-state index contributed by atoms with van der Waals surface area (Å²) in [7, 11) is 0. The van der Waals surface area contributed by atoms with Gasteiger partial charge in [0.1, 0.15) is 11.6 Å². The predicted octanol–water partition coefficient (Wildman–Crippen LogP) is 6.69. The van der Waals surface area contributed by atoms with E-state index in [0.29, 0.717) is 29.3 Å². The van der Waals surface area contributed by atoms with Gasteiger partial charge in [-0.3, -0.25) is 19.9 Å². The van der Waals surface area contributed by atoms with E-state index in [0.717, 1.165) is 33.8 Å². The lowest BCUT2D eigenvalue weighted by molar-refractivity contribution is -0.123. The standard InChI is InChI=1S/C32H33N5O4S/c1-19-15-24(16-20(2)33-19)22-7-6-8-23(17-22)26-18-42-30(35-26)36-28(38)27-13-14-37(27)29(39)21-9-11-25(12-10-21)34-31(40)41-32(3,4)5/h6-12,15-18,27H,13-14H2,1-5H3,(H,34,40)(H,35,36,38)/t27-/m0/s1. The van der Waals surface area contributed by atoms with Crippen molar-refractivity contribution in [1.29, 1.82) is 0 Å². The number of pyridine rings is 1. The van der Waals surface area contributed by atoms with Gasteiger partial charge in [-0.15, -0.1) is 11.3 Å². The first-order valence-electron chi connectivity index (χ1n) is 13.7. The number of rotatable bonds is 6. The number of thiazole rings is 1. The van der Waals surface area contributed by atoms with E-state index in [1.54, 1.807) is 49.9 Å². The van der Waals surface area contributed by atoms with Crippen molar-refractivity contribution in [3.05, 3.63) is 83.0 Å². The zero-order valence-corrected chi connectivity index (χ0v) is 25.0. The second-order valence-electron chi connectivity index (χ2n) is 11.3. The van der Waals surface area contributed by atoms with E-state index in [9.17, 15) is 14.4 Å². The summed E-state index contributed by atoms with van der Waals surface area (Å²) in [5.41, 5.74) is 6.12. The molecule has 1 fully saturated rings. The molecule has 10 heteroatoms. The van der Waals surface area contributed by atoms with Crippen molar-refractivity contribution < 1.29 is 19.1 Å². The molecular formula is C32H33N5O4S. The number of amides is 3. The number of carbonyl (C=O) groups excluding carboxylic acids is 3. The van der Waals surface area contributed by atoms with Gasteiger partial charge in [0.25, 0.3) is 5.91 Å². The number of aromatic nitrogens is 2. The lowest BCUT2D eigenvalue weighted by atomic mass is 10.00.